The SMILES string of the molecule is COCC1CCN(c2nccc(C(=O)O)c2F)CC1. The molecule has 0 unspecified atom stereocenters. The molecular formula is C13H17FN2O3. The van der Waals surface area contributed by atoms with Gasteiger partial charge in [0.25, 0.3) is 0 Å². The molecule has 1 aliphatic heterocycles. The van der Waals surface area contributed by atoms with E-state index in [1.54, 1.807) is 12.0 Å². The highest BCUT2D eigenvalue weighted by atomic mass is 19.1. The van der Waals surface area contributed by atoms with Gasteiger partial charge < -0.3 is 14.7 Å². The van der Waals surface area contributed by atoms with Crippen molar-refractivity contribution < 1.29 is 19.0 Å². The minimum absolute atomic E-state index is 0.135. The number of halogens is 1. The number of hydrogen-bond donors (Lipinski definition) is 1. The Hall–Kier alpha value is -1.69. The number of nitrogens with zero attached hydrogens (tertiary/aromatic N) is 2. The average molecular weight is 268 g/mol. The molecule has 0 radical (unpaired) electrons. The van der Waals surface area contributed by atoms with Crippen molar-refractivity contribution in [2.24, 2.45) is 5.92 Å². The number of hydrogen-bond acceptors (Lipinski definition) is 4. The van der Waals surface area contributed by atoms with Crippen LogP contribution in [0.5, 0.6) is 0 Å². The lowest BCUT2D eigenvalue weighted by Gasteiger charge is -2.32. The van der Waals surface area contributed by atoms with Crippen molar-refractivity contribution in [2.45, 2.75) is 12.8 Å². The zero-order valence-corrected chi connectivity index (χ0v) is 10.8. The van der Waals surface area contributed by atoms with Crippen molar-refractivity contribution in [3.05, 3.63) is 23.6 Å². The topological polar surface area (TPSA) is 62.7 Å². The van der Waals surface area contributed by atoms with Crippen LogP contribution in [-0.2, 0) is 4.74 Å². The first-order valence-electron chi connectivity index (χ1n) is 6.25. The fraction of sp³-hybridized carbons (Fsp3) is 0.538. The quantitative estimate of drug-likeness (QED) is 0.902. The van der Waals surface area contributed by atoms with Gasteiger partial charge in [-0.3, -0.25) is 0 Å². The Bertz CT molecular complexity index is 459. The van der Waals surface area contributed by atoms with Crippen molar-refractivity contribution in [3.8, 4) is 0 Å². The van der Waals surface area contributed by atoms with E-state index >= 15 is 0 Å². The van der Waals surface area contributed by atoms with E-state index < -0.39 is 11.8 Å². The van der Waals surface area contributed by atoms with E-state index in [9.17, 15) is 9.18 Å². The second kappa shape index (κ2) is 5.97. The van der Waals surface area contributed by atoms with Gasteiger partial charge in [0.15, 0.2) is 11.6 Å². The fourth-order valence-electron chi connectivity index (χ4n) is 2.37. The van der Waals surface area contributed by atoms with Gasteiger partial charge >= 0.3 is 5.97 Å². The summed E-state index contributed by atoms with van der Waals surface area (Å²) in [5, 5.41) is 8.90. The normalized spacial score (nSPS) is 16.6. The van der Waals surface area contributed by atoms with E-state index in [2.05, 4.69) is 4.98 Å². The first-order valence-corrected chi connectivity index (χ1v) is 6.25. The Morgan fingerprint density at radius 2 is 2.26 bits per heavy atom. The van der Waals surface area contributed by atoms with Gasteiger partial charge in [0.2, 0.25) is 0 Å². The highest BCUT2D eigenvalue weighted by Gasteiger charge is 2.24. The van der Waals surface area contributed by atoms with Crippen molar-refractivity contribution in [1.82, 2.24) is 4.98 Å². The summed E-state index contributed by atoms with van der Waals surface area (Å²) in [6, 6.07) is 1.18. The molecule has 1 aliphatic rings. The molecule has 0 atom stereocenters. The molecule has 0 saturated carbocycles. The van der Waals surface area contributed by atoms with Crippen LogP contribution in [0.15, 0.2) is 12.3 Å². The van der Waals surface area contributed by atoms with Crippen LogP contribution in [0.25, 0.3) is 0 Å². The molecule has 0 bridgehead atoms. The molecular weight excluding hydrogens is 251 g/mol. The molecule has 6 heteroatoms. The maximum atomic E-state index is 14.0. The Balaban J connectivity index is 2.11. The zero-order valence-electron chi connectivity index (χ0n) is 10.8. The van der Waals surface area contributed by atoms with Crippen LogP contribution in [0.4, 0.5) is 10.2 Å². The van der Waals surface area contributed by atoms with Gasteiger partial charge in [-0.05, 0) is 24.8 Å². The number of pyridine rings is 1. The van der Waals surface area contributed by atoms with E-state index in [1.807, 2.05) is 0 Å². The second-order valence-electron chi connectivity index (χ2n) is 4.69. The summed E-state index contributed by atoms with van der Waals surface area (Å²) < 4.78 is 19.2. The van der Waals surface area contributed by atoms with Gasteiger partial charge in [0, 0.05) is 33.0 Å². The fourth-order valence-corrected chi connectivity index (χ4v) is 2.37. The molecule has 1 fully saturated rings. The molecule has 5 nitrogen and oxygen atoms in total. The van der Waals surface area contributed by atoms with E-state index in [0.29, 0.717) is 25.6 Å². The number of rotatable bonds is 4. The van der Waals surface area contributed by atoms with Crippen molar-refractivity contribution >= 4 is 11.8 Å². The summed E-state index contributed by atoms with van der Waals surface area (Å²) in [5.41, 5.74) is -0.330. The van der Waals surface area contributed by atoms with Crippen LogP contribution in [0, 0.1) is 11.7 Å². The smallest absolute Gasteiger partial charge is 0.338 e. The van der Waals surface area contributed by atoms with E-state index in [4.69, 9.17) is 9.84 Å². The van der Waals surface area contributed by atoms with Gasteiger partial charge in [-0.15, -0.1) is 0 Å². The van der Waals surface area contributed by atoms with Crippen LogP contribution in [0.3, 0.4) is 0 Å². The van der Waals surface area contributed by atoms with E-state index in [0.717, 1.165) is 12.8 Å². The van der Waals surface area contributed by atoms with E-state index in [-0.39, 0.29) is 11.4 Å². The number of aromatic nitrogens is 1. The average Bonchev–Trinajstić information content (AvgIpc) is 2.40. The molecule has 104 valence electrons. The number of methoxy groups -OCH3 is 1. The minimum atomic E-state index is -1.27. The lowest BCUT2D eigenvalue weighted by atomic mass is 9.98. The maximum absolute atomic E-state index is 14.0. The summed E-state index contributed by atoms with van der Waals surface area (Å²) in [6.45, 7) is 2.04. The lowest BCUT2D eigenvalue weighted by molar-refractivity contribution is 0.0691. The molecule has 1 aromatic heterocycles. The third-order valence-electron chi connectivity index (χ3n) is 3.42. The van der Waals surface area contributed by atoms with Crippen LogP contribution in [-0.4, -0.2) is 42.9 Å². The highest BCUT2D eigenvalue weighted by molar-refractivity contribution is 5.88. The Kier molecular flexibility index (Phi) is 4.31. The largest absolute Gasteiger partial charge is 0.478 e. The standard InChI is InChI=1S/C13H17FN2O3/c1-19-8-9-3-6-16(7-4-9)12-11(14)10(13(17)18)2-5-15-12/h2,5,9H,3-4,6-8H2,1H3,(H,17,18). The number of ether oxygens (including phenoxy) is 1. The molecule has 19 heavy (non-hydrogen) atoms. The summed E-state index contributed by atoms with van der Waals surface area (Å²) in [6.07, 6.45) is 3.13. The van der Waals surface area contributed by atoms with E-state index in [1.165, 1.54) is 12.3 Å². The summed E-state index contributed by atoms with van der Waals surface area (Å²) >= 11 is 0. The highest BCUT2D eigenvalue weighted by Crippen LogP contribution is 2.25. The molecule has 0 spiro atoms. The van der Waals surface area contributed by atoms with Crippen LogP contribution in [0.2, 0.25) is 0 Å². The molecule has 0 aliphatic carbocycles. The Morgan fingerprint density at radius 3 is 2.84 bits per heavy atom. The van der Waals surface area contributed by atoms with Crippen molar-refractivity contribution in [2.75, 3.05) is 31.7 Å². The Labute approximate surface area is 111 Å². The van der Waals surface area contributed by atoms with Gasteiger partial charge in [0.1, 0.15) is 5.56 Å². The predicted octanol–water partition coefficient (Wildman–Crippen LogP) is 1.78. The van der Waals surface area contributed by atoms with Crippen molar-refractivity contribution in [1.29, 1.82) is 0 Å². The predicted molar refractivity (Wildman–Crippen MR) is 68.0 cm³/mol. The summed E-state index contributed by atoms with van der Waals surface area (Å²) in [4.78, 5) is 16.7. The summed E-state index contributed by atoms with van der Waals surface area (Å²) in [7, 11) is 1.67. The zero-order chi connectivity index (χ0) is 13.8. The first-order chi connectivity index (χ1) is 9.13. The van der Waals surface area contributed by atoms with Gasteiger partial charge in [-0.1, -0.05) is 0 Å². The number of anilines is 1. The third kappa shape index (κ3) is 3.01. The number of carbonyl (C=O) groups is 1. The second-order valence-corrected chi connectivity index (χ2v) is 4.69. The van der Waals surface area contributed by atoms with Gasteiger partial charge in [-0.2, -0.15) is 0 Å². The maximum Gasteiger partial charge on any atom is 0.338 e. The van der Waals surface area contributed by atoms with Crippen molar-refractivity contribution in [3.63, 3.8) is 0 Å². The number of aromatic carboxylic acids is 1. The van der Waals surface area contributed by atoms with Crippen LogP contribution in [0.1, 0.15) is 23.2 Å². The van der Waals surface area contributed by atoms with Crippen LogP contribution >= 0.6 is 0 Å². The number of piperidine rings is 1. The molecule has 2 heterocycles. The lowest BCUT2D eigenvalue weighted by Crippen LogP contribution is -2.36. The number of carboxylic acids is 1. The van der Waals surface area contributed by atoms with Crippen LogP contribution < -0.4 is 4.90 Å². The van der Waals surface area contributed by atoms with Gasteiger partial charge in [-0.25, -0.2) is 14.2 Å². The Morgan fingerprint density at radius 1 is 1.58 bits per heavy atom. The molecule has 2 rings (SSSR count). The molecule has 0 aromatic carbocycles. The monoisotopic (exact) mass is 268 g/mol. The molecule has 1 saturated heterocycles. The minimum Gasteiger partial charge on any atom is -0.478 e. The number of carboxylic acid groups (broad SMARTS) is 1. The molecule has 0 amide bonds. The molecule has 1 N–H and O–H groups in total. The summed E-state index contributed by atoms with van der Waals surface area (Å²) in [5.74, 6) is -1.40. The van der Waals surface area contributed by atoms with Gasteiger partial charge in [0.05, 0.1) is 0 Å². The molecule has 1 aromatic rings. The first kappa shape index (κ1) is 13.7. The third-order valence-corrected chi connectivity index (χ3v) is 3.42.